The van der Waals surface area contributed by atoms with Gasteiger partial charge in [0, 0.05) is 33.2 Å². The molecule has 16 heavy (non-hydrogen) atoms. The second-order valence-electron chi connectivity index (χ2n) is 4.24. The molecule has 1 N–H and O–H groups in total. The first-order valence-electron chi connectivity index (χ1n) is 5.70. The molecular weight excluding hydrogens is 202 g/mol. The summed E-state index contributed by atoms with van der Waals surface area (Å²) in [5.74, 6) is 0.656. The molecule has 2 heterocycles. The number of hydrogen-bond acceptors (Lipinski definition) is 4. The van der Waals surface area contributed by atoms with Gasteiger partial charge in [-0.1, -0.05) is 0 Å². The summed E-state index contributed by atoms with van der Waals surface area (Å²) in [6.45, 7) is 3.03. The molecule has 2 rings (SSSR count). The number of hydrogen-bond donors (Lipinski definition) is 1. The SMILES string of the molecule is CNc1cncc(N2CCC(COC)C2)c1. The van der Waals surface area contributed by atoms with E-state index in [-0.39, 0.29) is 0 Å². The van der Waals surface area contributed by atoms with Crippen LogP contribution in [-0.2, 0) is 4.74 Å². The number of aromatic nitrogens is 1. The van der Waals surface area contributed by atoms with Crippen molar-refractivity contribution in [2.24, 2.45) is 5.92 Å². The van der Waals surface area contributed by atoms with E-state index in [1.165, 1.54) is 12.1 Å². The average molecular weight is 221 g/mol. The van der Waals surface area contributed by atoms with Gasteiger partial charge in [-0.3, -0.25) is 4.98 Å². The van der Waals surface area contributed by atoms with Crippen LogP contribution in [0, 0.1) is 5.92 Å². The average Bonchev–Trinajstić information content (AvgIpc) is 2.78. The number of pyridine rings is 1. The molecule has 1 aliphatic rings. The fourth-order valence-corrected chi connectivity index (χ4v) is 2.18. The van der Waals surface area contributed by atoms with Gasteiger partial charge in [0.25, 0.3) is 0 Å². The largest absolute Gasteiger partial charge is 0.387 e. The summed E-state index contributed by atoms with van der Waals surface area (Å²) >= 11 is 0. The smallest absolute Gasteiger partial charge is 0.0573 e. The standard InChI is InChI=1S/C12H19N3O/c1-13-11-5-12(7-14-6-11)15-4-3-10(8-15)9-16-2/h5-7,10,13H,3-4,8-9H2,1-2H3. The summed E-state index contributed by atoms with van der Waals surface area (Å²) in [6, 6.07) is 2.14. The predicted molar refractivity (Wildman–Crippen MR) is 66.0 cm³/mol. The number of anilines is 2. The van der Waals surface area contributed by atoms with Gasteiger partial charge in [-0.15, -0.1) is 0 Å². The van der Waals surface area contributed by atoms with Crippen LogP contribution in [-0.4, -0.2) is 38.8 Å². The van der Waals surface area contributed by atoms with Gasteiger partial charge in [-0.2, -0.15) is 0 Å². The fraction of sp³-hybridized carbons (Fsp3) is 0.583. The molecule has 0 spiro atoms. The van der Waals surface area contributed by atoms with Gasteiger partial charge in [0.2, 0.25) is 0 Å². The lowest BCUT2D eigenvalue weighted by Gasteiger charge is -2.18. The maximum atomic E-state index is 5.20. The monoisotopic (exact) mass is 221 g/mol. The molecule has 0 aliphatic carbocycles. The van der Waals surface area contributed by atoms with Crippen molar-refractivity contribution >= 4 is 11.4 Å². The lowest BCUT2D eigenvalue weighted by molar-refractivity contribution is 0.161. The van der Waals surface area contributed by atoms with Gasteiger partial charge in [-0.05, 0) is 12.5 Å². The van der Waals surface area contributed by atoms with Gasteiger partial charge in [0.15, 0.2) is 0 Å². The summed E-state index contributed by atoms with van der Waals surface area (Å²) in [7, 11) is 3.68. The Balaban J connectivity index is 2.02. The molecule has 88 valence electrons. The van der Waals surface area contributed by atoms with E-state index < -0.39 is 0 Å². The molecule has 0 saturated carbocycles. The third-order valence-corrected chi connectivity index (χ3v) is 3.07. The minimum Gasteiger partial charge on any atom is -0.387 e. The lowest BCUT2D eigenvalue weighted by atomic mass is 10.1. The van der Waals surface area contributed by atoms with Gasteiger partial charge in [0.05, 0.1) is 30.4 Å². The predicted octanol–water partition coefficient (Wildman–Crippen LogP) is 1.60. The highest BCUT2D eigenvalue weighted by Crippen LogP contribution is 2.24. The van der Waals surface area contributed by atoms with Gasteiger partial charge >= 0.3 is 0 Å². The molecule has 0 radical (unpaired) electrons. The van der Waals surface area contributed by atoms with Crippen molar-refractivity contribution in [1.29, 1.82) is 0 Å². The van der Waals surface area contributed by atoms with E-state index >= 15 is 0 Å². The van der Waals surface area contributed by atoms with Crippen LogP contribution >= 0.6 is 0 Å². The van der Waals surface area contributed by atoms with Gasteiger partial charge in [0.1, 0.15) is 0 Å². The number of rotatable bonds is 4. The zero-order chi connectivity index (χ0) is 11.4. The van der Waals surface area contributed by atoms with Crippen molar-refractivity contribution in [1.82, 2.24) is 4.98 Å². The topological polar surface area (TPSA) is 37.4 Å². The maximum absolute atomic E-state index is 5.20. The minimum absolute atomic E-state index is 0.656. The first-order valence-corrected chi connectivity index (χ1v) is 5.70. The Hall–Kier alpha value is -1.29. The lowest BCUT2D eigenvalue weighted by Crippen LogP contribution is -2.21. The summed E-state index contributed by atoms with van der Waals surface area (Å²) in [6.07, 6.45) is 4.97. The molecule has 1 aromatic heterocycles. The number of methoxy groups -OCH3 is 1. The van der Waals surface area contributed by atoms with E-state index in [0.717, 1.165) is 25.4 Å². The molecular formula is C12H19N3O. The summed E-state index contributed by atoms with van der Waals surface area (Å²) in [5, 5.41) is 3.11. The van der Waals surface area contributed by atoms with E-state index in [4.69, 9.17) is 4.74 Å². The van der Waals surface area contributed by atoms with Crippen molar-refractivity contribution in [3.05, 3.63) is 18.5 Å². The fourth-order valence-electron chi connectivity index (χ4n) is 2.18. The zero-order valence-electron chi connectivity index (χ0n) is 9.94. The maximum Gasteiger partial charge on any atom is 0.0573 e. The summed E-state index contributed by atoms with van der Waals surface area (Å²) in [4.78, 5) is 6.61. The first-order chi connectivity index (χ1) is 7.83. The summed E-state index contributed by atoms with van der Waals surface area (Å²) in [5.41, 5.74) is 2.26. The molecule has 4 heteroatoms. The Labute approximate surface area is 96.6 Å². The molecule has 1 unspecified atom stereocenters. The normalized spacial score (nSPS) is 20.1. The van der Waals surface area contributed by atoms with Crippen LogP contribution in [0.1, 0.15) is 6.42 Å². The van der Waals surface area contributed by atoms with E-state index in [1.807, 2.05) is 19.4 Å². The third-order valence-electron chi connectivity index (χ3n) is 3.07. The number of ether oxygens (including phenoxy) is 1. The van der Waals surface area contributed by atoms with Crippen LogP contribution in [0.15, 0.2) is 18.5 Å². The van der Waals surface area contributed by atoms with Crippen molar-refractivity contribution in [3.8, 4) is 0 Å². The van der Waals surface area contributed by atoms with Crippen LogP contribution in [0.3, 0.4) is 0 Å². The van der Waals surface area contributed by atoms with Crippen molar-refractivity contribution in [3.63, 3.8) is 0 Å². The molecule has 1 atom stereocenters. The minimum atomic E-state index is 0.656. The van der Waals surface area contributed by atoms with Gasteiger partial charge in [-0.25, -0.2) is 0 Å². The quantitative estimate of drug-likeness (QED) is 0.838. The van der Waals surface area contributed by atoms with E-state index in [1.54, 1.807) is 7.11 Å². The number of nitrogens with zero attached hydrogens (tertiary/aromatic N) is 2. The highest BCUT2D eigenvalue weighted by molar-refractivity contribution is 5.55. The number of nitrogens with one attached hydrogen (secondary N) is 1. The molecule has 1 fully saturated rings. The van der Waals surface area contributed by atoms with E-state index in [0.29, 0.717) is 5.92 Å². The Morgan fingerprint density at radius 3 is 3.19 bits per heavy atom. The second kappa shape index (κ2) is 5.16. The highest BCUT2D eigenvalue weighted by atomic mass is 16.5. The summed E-state index contributed by atoms with van der Waals surface area (Å²) < 4.78 is 5.20. The molecule has 0 aromatic carbocycles. The van der Waals surface area contributed by atoms with Crippen LogP contribution < -0.4 is 10.2 Å². The Morgan fingerprint density at radius 1 is 1.56 bits per heavy atom. The Bertz CT molecular complexity index is 343. The van der Waals surface area contributed by atoms with Crippen LogP contribution in [0.25, 0.3) is 0 Å². The molecule has 1 saturated heterocycles. The van der Waals surface area contributed by atoms with Crippen LogP contribution in [0.2, 0.25) is 0 Å². The Kier molecular flexibility index (Phi) is 3.62. The van der Waals surface area contributed by atoms with Crippen LogP contribution in [0.5, 0.6) is 0 Å². The van der Waals surface area contributed by atoms with Crippen LogP contribution in [0.4, 0.5) is 11.4 Å². The molecule has 1 aromatic rings. The highest BCUT2D eigenvalue weighted by Gasteiger charge is 2.22. The van der Waals surface area contributed by atoms with E-state index in [2.05, 4.69) is 21.3 Å². The Morgan fingerprint density at radius 2 is 2.44 bits per heavy atom. The molecule has 0 amide bonds. The third kappa shape index (κ3) is 2.44. The van der Waals surface area contributed by atoms with Crippen molar-refractivity contribution in [2.75, 3.05) is 44.1 Å². The molecule has 1 aliphatic heterocycles. The zero-order valence-corrected chi connectivity index (χ0v) is 9.94. The van der Waals surface area contributed by atoms with Crippen molar-refractivity contribution < 1.29 is 4.74 Å². The van der Waals surface area contributed by atoms with Gasteiger partial charge < -0.3 is 15.0 Å². The van der Waals surface area contributed by atoms with E-state index in [9.17, 15) is 0 Å². The molecule has 0 bridgehead atoms. The molecule has 4 nitrogen and oxygen atoms in total. The first kappa shape index (κ1) is 11.2. The second-order valence-corrected chi connectivity index (χ2v) is 4.24. The van der Waals surface area contributed by atoms with Crippen molar-refractivity contribution in [2.45, 2.75) is 6.42 Å².